The van der Waals surface area contributed by atoms with Gasteiger partial charge in [0.25, 0.3) is 0 Å². The van der Waals surface area contributed by atoms with E-state index in [2.05, 4.69) is 15.6 Å². The number of pyridine rings is 1. The van der Waals surface area contributed by atoms with E-state index in [1.165, 1.54) is 11.0 Å². The Balaban J connectivity index is 1.61. The second-order valence-corrected chi connectivity index (χ2v) is 5.72. The highest BCUT2D eigenvalue weighted by molar-refractivity contribution is 5.94. The Bertz CT molecular complexity index is 841. The highest BCUT2D eigenvalue weighted by atomic mass is 19.1. The van der Waals surface area contributed by atoms with Crippen molar-refractivity contribution in [3.05, 3.63) is 58.9 Å². The van der Waals surface area contributed by atoms with Crippen molar-refractivity contribution in [2.75, 3.05) is 11.9 Å². The first-order chi connectivity index (χ1) is 11.9. The van der Waals surface area contributed by atoms with Crippen molar-refractivity contribution in [1.29, 1.82) is 0 Å². The summed E-state index contributed by atoms with van der Waals surface area (Å²) >= 11 is 0. The van der Waals surface area contributed by atoms with Gasteiger partial charge in [-0.25, -0.2) is 13.6 Å². The molecule has 1 aromatic heterocycles. The van der Waals surface area contributed by atoms with Gasteiger partial charge in [-0.2, -0.15) is 0 Å². The fourth-order valence-electron chi connectivity index (χ4n) is 2.59. The zero-order valence-electron chi connectivity index (χ0n) is 13.5. The molecule has 3 rings (SSSR count). The molecular weight excluding hydrogens is 330 g/mol. The van der Waals surface area contributed by atoms with Gasteiger partial charge in [0.15, 0.2) is 0 Å². The minimum absolute atomic E-state index is 0.0857. The Morgan fingerprint density at radius 2 is 2.16 bits per heavy atom. The minimum Gasteiger partial charge on any atom is -0.350 e. The van der Waals surface area contributed by atoms with Crippen molar-refractivity contribution in [2.45, 2.75) is 20.0 Å². The van der Waals surface area contributed by atoms with Crippen LogP contribution in [0.3, 0.4) is 0 Å². The number of aromatic nitrogens is 1. The number of rotatable bonds is 4. The molecule has 0 atom stereocenters. The smallest absolute Gasteiger partial charge is 0.322 e. The number of amides is 3. The Labute approximate surface area is 142 Å². The average molecular weight is 346 g/mol. The molecule has 0 saturated carbocycles. The van der Waals surface area contributed by atoms with Gasteiger partial charge in [-0.05, 0) is 19.1 Å². The number of hydrogen-bond donors (Lipinski definition) is 2. The van der Waals surface area contributed by atoms with Crippen LogP contribution in [-0.2, 0) is 17.9 Å². The van der Waals surface area contributed by atoms with Crippen LogP contribution in [0.2, 0.25) is 0 Å². The molecule has 0 saturated heterocycles. The zero-order valence-corrected chi connectivity index (χ0v) is 13.5. The SMILES string of the molecule is Cc1nccc2c1CN(CC(=O)NCc1ccc(F)cc1F)C(=O)N2. The molecule has 0 fully saturated rings. The quantitative estimate of drug-likeness (QED) is 0.892. The van der Waals surface area contributed by atoms with Crippen LogP contribution in [0.15, 0.2) is 30.5 Å². The molecule has 1 aliphatic heterocycles. The number of carbonyl (C=O) groups is 2. The van der Waals surface area contributed by atoms with Gasteiger partial charge in [-0.1, -0.05) is 6.07 Å². The molecule has 3 amide bonds. The Hall–Kier alpha value is -3.03. The maximum atomic E-state index is 13.6. The molecule has 8 heteroatoms. The normalized spacial score (nSPS) is 13.2. The number of urea groups is 1. The summed E-state index contributed by atoms with van der Waals surface area (Å²) in [6, 6.07) is 4.46. The highest BCUT2D eigenvalue weighted by Gasteiger charge is 2.25. The summed E-state index contributed by atoms with van der Waals surface area (Å²) in [6.45, 7) is 1.82. The van der Waals surface area contributed by atoms with E-state index in [1.54, 1.807) is 12.3 Å². The molecule has 2 N–H and O–H groups in total. The molecule has 25 heavy (non-hydrogen) atoms. The second-order valence-electron chi connectivity index (χ2n) is 5.72. The Kier molecular flexibility index (Phi) is 4.60. The fraction of sp³-hybridized carbons (Fsp3) is 0.235. The fourth-order valence-corrected chi connectivity index (χ4v) is 2.59. The lowest BCUT2D eigenvalue weighted by Crippen LogP contribution is -2.44. The number of fused-ring (bicyclic) bond motifs is 1. The molecule has 0 bridgehead atoms. The average Bonchev–Trinajstić information content (AvgIpc) is 2.55. The van der Waals surface area contributed by atoms with Crippen molar-refractivity contribution in [2.24, 2.45) is 0 Å². The number of anilines is 1. The lowest BCUT2D eigenvalue weighted by molar-refractivity contribution is -0.121. The highest BCUT2D eigenvalue weighted by Crippen LogP contribution is 2.24. The third kappa shape index (κ3) is 3.73. The van der Waals surface area contributed by atoms with Crippen LogP contribution in [0.25, 0.3) is 0 Å². The summed E-state index contributed by atoms with van der Waals surface area (Å²) in [5, 5.41) is 5.24. The third-order valence-electron chi connectivity index (χ3n) is 3.97. The molecule has 0 unspecified atom stereocenters. The van der Waals surface area contributed by atoms with Gasteiger partial charge in [-0.3, -0.25) is 9.78 Å². The molecule has 0 spiro atoms. The van der Waals surface area contributed by atoms with Crippen LogP contribution in [0.1, 0.15) is 16.8 Å². The van der Waals surface area contributed by atoms with Crippen LogP contribution in [0, 0.1) is 18.6 Å². The molecule has 1 aromatic carbocycles. The standard InChI is InChI=1S/C17H16F2N4O2/c1-10-13-8-23(17(25)22-15(13)4-5-20-10)9-16(24)21-7-11-2-3-12(18)6-14(11)19/h2-6H,7-9H2,1H3,(H,21,24)(H,22,25). The van der Waals surface area contributed by atoms with Crippen molar-refractivity contribution in [1.82, 2.24) is 15.2 Å². The maximum absolute atomic E-state index is 13.6. The zero-order chi connectivity index (χ0) is 18.0. The van der Waals surface area contributed by atoms with Gasteiger partial charge in [0.1, 0.15) is 18.2 Å². The van der Waals surface area contributed by atoms with Crippen molar-refractivity contribution in [3.8, 4) is 0 Å². The van der Waals surface area contributed by atoms with Gasteiger partial charge < -0.3 is 15.5 Å². The van der Waals surface area contributed by atoms with Gasteiger partial charge in [0.2, 0.25) is 5.91 Å². The van der Waals surface area contributed by atoms with Crippen LogP contribution in [-0.4, -0.2) is 28.4 Å². The molecule has 0 radical (unpaired) electrons. The number of benzene rings is 1. The lowest BCUT2D eigenvalue weighted by atomic mass is 10.1. The second kappa shape index (κ2) is 6.84. The molecule has 0 aliphatic carbocycles. The predicted molar refractivity (Wildman–Crippen MR) is 86.6 cm³/mol. The van der Waals surface area contributed by atoms with E-state index in [0.29, 0.717) is 5.69 Å². The number of hydrogen-bond acceptors (Lipinski definition) is 3. The van der Waals surface area contributed by atoms with Gasteiger partial charge in [-0.15, -0.1) is 0 Å². The van der Waals surface area contributed by atoms with Crippen molar-refractivity contribution < 1.29 is 18.4 Å². The minimum atomic E-state index is -0.730. The summed E-state index contributed by atoms with van der Waals surface area (Å²) in [5.74, 6) is -1.85. The number of halogens is 2. The summed E-state index contributed by atoms with van der Waals surface area (Å²) in [4.78, 5) is 29.7. The molecule has 2 aromatic rings. The van der Waals surface area contributed by atoms with Gasteiger partial charge >= 0.3 is 6.03 Å². The lowest BCUT2D eigenvalue weighted by Gasteiger charge is -2.29. The predicted octanol–water partition coefficient (Wildman–Crippen LogP) is 2.33. The molecule has 2 heterocycles. The van der Waals surface area contributed by atoms with Crippen LogP contribution >= 0.6 is 0 Å². The molecule has 130 valence electrons. The van der Waals surface area contributed by atoms with Crippen LogP contribution in [0.5, 0.6) is 0 Å². The van der Waals surface area contributed by atoms with Crippen molar-refractivity contribution in [3.63, 3.8) is 0 Å². The van der Waals surface area contributed by atoms with E-state index in [4.69, 9.17) is 0 Å². The van der Waals surface area contributed by atoms with Gasteiger partial charge in [0.05, 0.1) is 12.2 Å². The Morgan fingerprint density at radius 1 is 1.36 bits per heavy atom. The van der Waals surface area contributed by atoms with Crippen molar-refractivity contribution >= 4 is 17.6 Å². The topological polar surface area (TPSA) is 74.3 Å². The summed E-state index contributed by atoms with van der Waals surface area (Å²) in [7, 11) is 0. The largest absolute Gasteiger partial charge is 0.350 e. The number of nitrogens with one attached hydrogen (secondary N) is 2. The first-order valence-corrected chi connectivity index (χ1v) is 7.65. The molecular formula is C17H16F2N4O2. The number of carbonyl (C=O) groups excluding carboxylic acids is 2. The first kappa shape index (κ1) is 16.8. The Morgan fingerprint density at radius 3 is 2.92 bits per heavy atom. The van der Waals surface area contributed by atoms with E-state index in [0.717, 1.165) is 23.4 Å². The van der Waals surface area contributed by atoms with E-state index >= 15 is 0 Å². The maximum Gasteiger partial charge on any atom is 0.322 e. The molecule has 1 aliphatic rings. The summed E-state index contributed by atoms with van der Waals surface area (Å²) in [6.07, 6.45) is 1.61. The number of nitrogens with zero attached hydrogens (tertiary/aromatic N) is 2. The van der Waals surface area contributed by atoms with E-state index < -0.39 is 17.5 Å². The van der Waals surface area contributed by atoms with E-state index in [1.807, 2.05) is 6.92 Å². The van der Waals surface area contributed by atoms with E-state index in [-0.39, 0.29) is 31.2 Å². The van der Waals surface area contributed by atoms with Crippen LogP contribution < -0.4 is 10.6 Å². The van der Waals surface area contributed by atoms with Gasteiger partial charge in [0, 0.05) is 35.6 Å². The van der Waals surface area contributed by atoms with Crippen LogP contribution in [0.4, 0.5) is 19.3 Å². The monoisotopic (exact) mass is 346 g/mol. The van der Waals surface area contributed by atoms with E-state index in [9.17, 15) is 18.4 Å². The summed E-state index contributed by atoms with van der Waals surface area (Å²) < 4.78 is 26.4. The summed E-state index contributed by atoms with van der Waals surface area (Å²) in [5.41, 5.74) is 2.47. The third-order valence-corrected chi connectivity index (χ3v) is 3.97. The molecule has 6 nitrogen and oxygen atoms in total. The first-order valence-electron chi connectivity index (χ1n) is 7.65. The number of aryl methyl sites for hydroxylation is 1.